The fourth-order valence-electron chi connectivity index (χ4n) is 5.15. The lowest BCUT2D eigenvalue weighted by molar-refractivity contribution is 0.0976. The Hall–Kier alpha value is -3.88. The van der Waals surface area contributed by atoms with E-state index in [0.717, 1.165) is 18.6 Å². The normalized spacial score (nSPS) is 21.4. The van der Waals surface area contributed by atoms with E-state index >= 15 is 0 Å². The quantitative estimate of drug-likeness (QED) is 0.546. The molecule has 0 aliphatic carbocycles. The van der Waals surface area contributed by atoms with Gasteiger partial charge in [-0.15, -0.1) is 0 Å². The monoisotopic (exact) mass is 523 g/mol. The molecule has 190 valence electrons. The summed E-state index contributed by atoms with van der Waals surface area (Å²) in [4.78, 5) is 15.0. The molecule has 2 aromatic carbocycles. The first kappa shape index (κ1) is 24.8. The molecule has 1 saturated heterocycles. The predicted octanol–water partition coefficient (Wildman–Crippen LogP) is 3.77. The van der Waals surface area contributed by atoms with Crippen molar-refractivity contribution >= 4 is 22.1 Å². The minimum absolute atomic E-state index is 0.0864. The van der Waals surface area contributed by atoms with Gasteiger partial charge >= 0.3 is 0 Å². The van der Waals surface area contributed by atoms with Crippen LogP contribution in [0.5, 0.6) is 0 Å². The fraction of sp³-hybridized carbons (Fsp3) is 0.269. The number of hydrogen-bond donors (Lipinski definition) is 1. The smallest absolute Gasteiger partial charge is 0.268 e. The fourth-order valence-corrected chi connectivity index (χ4v) is 6.16. The third kappa shape index (κ3) is 4.54. The Kier molecular flexibility index (Phi) is 6.17. The van der Waals surface area contributed by atoms with Crippen LogP contribution in [0.15, 0.2) is 59.6 Å². The topological polar surface area (TPSA) is 108 Å². The number of fused-ring (bicyclic) bond motifs is 1. The van der Waals surface area contributed by atoms with Gasteiger partial charge in [-0.1, -0.05) is 6.07 Å². The van der Waals surface area contributed by atoms with Gasteiger partial charge in [0.25, 0.3) is 15.9 Å². The van der Waals surface area contributed by atoms with E-state index in [9.17, 15) is 22.0 Å². The SMILES string of the molecule is CC1(N2CCC[C@@H]2c2cc(F)ccc2F)C=Cn2ncc(C(=O)NS(=O)(=O)c3cccc(C#N)c3)c2C1. The molecule has 2 aliphatic rings. The number of carbonyl (C=O) groups is 1. The number of benzene rings is 2. The second-order valence-electron chi connectivity index (χ2n) is 9.39. The van der Waals surface area contributed by atoms with Gasteiger partial charge < -0.3 is 0 Å². The van der Waals surface area contributed by atoms with E-state index in [2.05, 4.69) is 14.7 Å². The minimum atomic E-state index is -4.24. The summed E-state index contributed by atoms with van der Waals surface area (Å²) in [6, 6.07) is 10.3. The van der Waals surface area contributed by atoms with Crippen molar-refractivity contribution < 1.29 is 22.0 Å². The molecular formula is C26H23F2N5O3S. The first-order valence-corrected chi connectivity index (χ1v) is 13.1. The molecule has 0 bridgehead atoms. The van der Waals surface area contributed by atoms with Gasteiger partial charge in [-0.05, 0) is 68.8 Å². The minimum Gasteiger partial charge on any atom is -0.287 e. The van der Waals surface area contributed by atoms with Crippen molar-refractivity contribution in [2.45, 2.75) is 42.7 Å². The summed E-state index contributed by atoms with van der Waals surface area (Å²) in [5.74, 6) is -1.83. The van der Waals surface area contributed by atoms with Crippen LogP contribution < -0.4 is 4.72 Å². The highest BCUT2D eigenvalue weighted by atomic mass is 32.2. The molecule has 11 heteroatoms. The molecule has 0 radical (unpaired) electrons. The molecule has 5 rings (SSSR count). The zero-order valence-electron chi connectivity index (χ0n) is 19.9. The molecule has 3 heterocycles. The van der Waals surface area contributed by atoms with Crippen LogP contribution in [-0.4, -0.2) is 41.1 Å². The van der Waals surface area contributed by atoms with E-state index < -0.39 is 33.1 Å². The van der Waals surface area contributed by atoms with E-state index in [1.54, 1.807) is 6.20 Å². The van der Waals surface area contributed by atoms with Gasteiger partial charge in [0.2, 0.25) is 0 Å². The van der Waals surface area contributed by atoms with Gasteiger partial charge in [-0.3, -0.25) is 9.69 Å². The molecule has 1 N–H and O–H groups in total. The van der Waals surface area contributed by atoms with E-state index in [0.29, 0.717) is 25.1 Å². The molecule has 1 amide bonds. The summed E-state index contributed by atoms with van der Waals surface area (Å²) in [6.45, 7) is 2.59. The average molecular weight is 524 g/mol. The van der Waals surface area contributed by atoms with Crippen LogP contribution in [-0.2, 0) is 16.4 Å². The number of nitriles is 1. The van der Waals surface area contributed by atoms with Crippen LogP contribution in [0.25, 0.3) is 6.20 Å². The maximum atomic E-state index is 14.6. The molecule has 1 fully saturated rings. The number of likely N-dealkylation sites (tertiary alicyclic amines) is 1. The van der Waals surface area contributed by atoms with Gasteiger partial charge in [-0.25, -0.2) is 26.6 Å². The molecule has 2 aliphatic heterocycles. The van der Waals surface area contributed by atoms with E-state index in [1.165, 1.54) is 41.2 Å². The third-order valence-corrected chi connectivity index (χ3v) is 8.30. The van der Waals surface area contributed by atoms with Crippen LogP contribution in [0.4, 0.5) is 8.78 Å². The zero-order chi connectivity index (χ0) is 26.4. The number of hydrogen-bond acceptors (Lipinski definition) is 6. The lowest BCUT2D eigenvalue weighted by atomic mass is 9.88. The maximum absolute atomic E-state index is 14.6. The standard InChI is InChI=1S/C26H23F2N5O3S/c1-26(32-10-3-6-23(32)20-13-18(27)7-8-22(20)28)9-11-33-24(14-26)21(16-30-33)25(34)31-37(35,36)19-5-2-4-17(12-19)15-29/h2,4-5,7-9,11-13,16,23H,3,6,10,14H2,1H3,(H,31,34)/t23-,26?/m1/s1. The third-order valence-electron chi connectivity index (χ3n) is 6.97. The Balaban J connectivity index is 1.42. The van der Waals surface area contributed by atoms with E-state index in [-0.39, 0.29) is 27.6 Å². The second kappa shape index (κ2) is 9.21. The van der Waals surface area contributed by atoms with Gasteiger partial charge in [0.1, 0.15) is 11.6 Å². The Morgan fingerprint density at radius 1 is 1.24 bits per heavy atom. The molecular weight excluding hydrogens is 500 g/mol. The summed E-state index contributed by atoms with van der Waals surface area (Å²) in [6.07, 6.45) is 6.64. The number of amides is 1. The molecule has 0 spiro atoms. The van der Waals surface area contributed by atoms with Gasteiger partial charge in [0.15, 0.2) is 0 Å². The highest BCUT2D eigenvalue weighted by molar-refractivity contribution is 7.90. The Morgan fingerprint density at radius 3 is 2.84 bits per heavy atom. The first-order chi connectivity index (χ1) is 17.6. The second-order valence-corrected chi connectivity index (χ2v) is 11.1. The summed E-state index contributed by atoms with van der Waals surface area (Å²) in [5, 5.41) is 13.3. The maximum Gasteiger partial charge on any atom is 0.268 e. The summed E-state index contributed by atoms with van der Waals surface area (Å²) in [7, 11) is -4.24. The molecule has 1 aromatic heterocycles. The number of halogens is 2. The van der Waals surface area contributed by atoms with Gasteiger partial charge in [-0.2, -0.15) is 10.4 Å². The Labute approximate surface area is 212 Å². The highest BCUT2D eigenvalue weighted by Crippen LogP contribution is 2.42. The van der Waals surface area contributed by atoms with Crippen molar-refractivity contribution in [2.24, 2.45) is 0 Å². The number of nitrogens with one attached hydrogen (secondary N) is 1. The lowest BCUT2D eigenvalue weighted by Crippen LogP contribution is -2.48. The van der Waals surface area contributed by atoms with Crippen molar-refractivity contribution in [1.29, 1.82) is 5.26 Å². The number of rotatable bonds is 5. The van der Waals surface area contributed by atoms with Crippen LogP contribution in [0.2, 0.25) is 0 Å². The summed E-state index contributed by atoms with van der Waals surface area (Å²) >= 11 is 0. The van der Waals surface area contributed by atoms with Crippen LogP contribution in [0.3, 0.4) is 0 Å². The molecule has 0 saturated carbocycles. The lowest BCUT2D eigenvalue weighted by Gasteiger charge is -2.42. The molecule has 3 aromatic rings. The van der Waals surface area contributed by atoms with Crippen LogP contribution in [0, 0.1) is 23.0 Å². The predicted molar refractivity (Wildman–Crippen MR) is 131 cm³/mol. The molecule has 8 nitrogen and oxygen atoms in total. The average Bonchev–Trinajstić information content (AvgIpc) is 3.53. The van der Waals surface area contributed by atoms with E-state index in [4.69, 9.17) is 5.26 Å². The number of sulfonamides is 1. The van der Waals surface area contributed by atoms with Crippen molar-refractivity contribution in [3.8, 4) is 6.07 Å². The van der Waals surface area contributed by atoms with Crippen molar-refractivity contribution in [1.82, 2.24) is 19.4 Å². The number of carbonyl (C=O) groups excluding carboxylic acids is 1. The summed E-state index contributed by atoms with van der Waals surface area (Å²) in [5.41, 5.74) is 0.353. The van der Waals surface area contributed by atoms with Crippen LogP contribution in [0.1, 0.15) is 53.0 Å². The summed E-state index contributed by atoms with van der Waals surface area (Å²) < 4.78 is 57.8. The van der Waals surface area contributed by atoms with E-state index in [1.807, 2.05) is 19.1 Å². The van der Waals surface area contributed by atoms with Crippen molar-refractivity contribution in [2.75, 3.05) is 6.54 Å². The Bertz CT molecular complexity index is 1580. The van der Waals surface area contributed by atoms with Crippen LogP contribution >= 0.6 is 0 Å². The van der Waals surface area contributed by atoms with Crippen molar-refractivity contribution in [3.05, 3.63) is 88.8 Å². The molecule has 2 atom stereocenters. The Morgan fingerprint density at radius 2 is 2.05 bits per heavy atom. The van der Waals surface area contributed by atoms with Crippen molar-refractivity contribution in [3.63, 3.8) is 0 Å². The number of aromatic nitrogens is 2. The highest BCUT2D eigenvalue weighted by Gasteiger charge is 2.42. The van der Waals surface area contributed by atoms with Gasteiger partial charge in [0, 0.05) is 29.8 Å². The van der Waals surface area contributed by atoms with Gasteiger partial charge in [0.05, 0.1) is 34.0 Å². The molecule has 37 heavy (non-hydrogen) atoms. The number of nitrogens with zero attached hydrogens (tertiary/aromatic N) is 4. The molecule has 1 unspecified atom stereocenters. The first-order valence-electron chi connectivity index (χ1n) is 11.7. The largest absolute Gasteiger partial charge is 0.287 e. The zero-order valence-corrected chi connectivity index (χ0v) is 20.7.